The first-order valence-corrected chi connectivity index (χ1v) is 14.9. The molecule has 0 aliphatic heterocycles. The fourth-order valence-electron chi connectivity index (χ4n) is 3.80. The maximum absolute atomic E-state index is 13.9. The minimum atomic E-state index is -4.20. The second-order valence-electron chi connectivity index (χ2n) is 8.78. The third-order valence-electron chi connectivity index (χ3n) is 6.01. The van der Waals surface area contributed by atoms with E-state index >= 15 is 0 Å². The van der Waals surface area contributed by atoms with Crippen molar-refractivity contribution in [1.29, 1.82) is 0 Å². The monoisotopic (exact) mass is 635 g/mol. The predicted molar refractivity (Wildman–Crippen MR) is 156 cm³/mol. The number of nitrogens with one attached hydrogen (secondary N) is 1. The maximum atomic E-state index is 13.9. The summed E-state index contributed by atoms with van der Waals surface area (Å²) in [5, 5.41) is 3.13. The Morgan fingerprint density at radius 1 is 1.05 bits per heavy atom. The Balaban J connectivity index is 2.01. The van der Waals surface area contributed by atoms with Crippen LogP contribution in [-0.2, 0) is 26.2 Å². The van der Waals surface area contributed by atoms with E-state index in [9.17, 15) is 18.0 Å². The molecule has 0 fully saturated rings. The molecule has 0 aromatic heterocycles. The molecule has 0 spiro atoms. The van der Waals surface area contributed by atoms with Crippen molar-refractivity contribution in [2.45, 2.75) is 37.8 Å². The lowest BCUT2D eigenvalue weighted by Crippen LogP contribution is -2.51. The summed E-state index contributed by atoms with van der Waals surface area (Å²) >= 11 is 9.60. The molecule has 0 radical (unpaired) electrons. The standard InChI is InChI=1S/C28H31BrClN3O5S/c1-4-16-31-28(35)20(2)32(18-21-8-10-22(29)11-9-21)27(34)19-33(24-7-5-6-23(30)17-24)39(36,37)26-14-12-25(38-3)13-15-26/h5-15,17,20H,4,16,18-19H2,1-3H3,(H,31,35). The zero-order valence-corrected chi connectivity index (χ0v) is 25.1. The van der Waals surface area contributed by atoms with Crippen LogP contribution in [0.15, 0.2) is 82.2 Å². The van der Waals surface area contributed by atoms with Gasteiger partial charge in [0.05, 0.1) is 17.7 Å². The lowest BCUT2D eigenvalue weighted by molar-refractivity contribution is -0.139. The van der Waals surface area contributed by atoms with Crippen LogP contribution in [0.25, 0.3) is 0 Å². The number of amides is 2. The van der Waals surface area contributed by atoms with E-state index in [4.69, 9.17) is 16.3 Å². The van der Waals surface area contributed by atoms with Crippen LogP contribution in [0, 0.1) is 0 Å². The highest BCUT2D eigenvalue weighted by Crippen LogP contribution is 2.28. The van der Waals surface area contributed by atoms with Crippen LogP contribution in [0.5, 0.6) is 5.75 Å². The fraction of sp³-hybridized carbons (Fsp3) is 0.286. The molecule has 0 aliphatic rings. The third kappa shape index (κ3) is 7.97. The first kappa shape index (κ1) is 30.5. The zero-order valence-electron chi connectivity index (χ0n) is 21.9. The molecule has 3 aromatic rings. The average molecular weight is 637 g/mol. The quantitative estimate of drug-likeness (QED) is 0.293. The summed E-state index contributed by atoms with van der Waals surface area (Å²) in [5.74, 6) is -0.379. The molecule has 2 amide bonds. The number of benzene rings is 3. The molecule has 0 aliphatic carbocycles. The molecule has 8 nitrogen and oxygen atoms in total. The number of ether oxygens (including phenoxy) is 1. The van der Waals surface area contributed by atoms with Gasteiger partial charge in [-0.2, -0.15) is 0 Å². The maximum Gasteiger partial charge on any atom is 0.264 e. The molecule has 0 saturated carbocycles. The molecular formula is C28H31BrClN3O5S. The minimum absolute atomic E-state index is 0.0238. The summed E-state index contributed by atoms with van der Waals surface area (Å²) in [7, 11) is -2.71. The van der Waals surface area contributed by atoms with Crippen LogP contribution >= 0.6 is 27.5 Å². The summed E-state index contributed by atoms with van der Waals surface area (Å²) in [5.41, 5.74) is 1.01. The number of halogens is 2. The summed E-state index contributed by atoms with van der Waals surface area (Å²) in [6.07, 6.45) is 0.738. The van der Waals surface area contributed by atoms with Gasteiger partial charge in [-0.3, -0.25) is 13.9 Å². The average Bonchev–Trinajstić information content (AvgIpc) is 2.93. The number of nitrogens with zero attached hydrogens (tertiary/aromatic N) is 2. The number of anilines is 1. The van der Waals surface area contributed by atoms with Crippen LogP contribution in [0.2, 0.25) is 5.02 Å². The van der Waals surface area contributed by atoms with Crippen molar-refractivity contribution in [3.8, 4) is 5.75 Å². The van der Waals surface area contributed by atoms with E-state index in [0.717, 1.165) is 20.8 Å². The normalized spacial score (nSPS) is 11.9. The minimum Gasteiger partial charge on any atom is -0.497 e. The zero-order chi connectivity index (χ0) is 28.6. The predicted octanol–water partition coefficient (Wildman–Crippen LogP) is 5.25. The highest BCUT2D eigenvalue weighted by molar-refractivity contribution is 9.10. The van der Waals surface area contributed by atoms with Crippen molar-refractivity contribution in [2.75, 3.05) is 24.5 Å². The van der Waals surface area contributed by atoms with Gasteiger partial charge in [-0.1, -0.05) is 52.7 Å². The summed E-state index contributed by atoms with van der Waals surface area (Å²) < 4.78 is 34.7. The van der Waals surface area contributed by atoms with E-state index in [1.165, 1.54) is 42.3 Å². The highest BCUT2D eigenvalue weighted by Gasteiger charge is 2.32. The van der Waals surface area contributed by atoms with E-state index < -0.39 is 28.5 Å². The Kier molecular flexibility index (Phi) is 10.8. The Labute approximate surface area is 243 Å². The number of methoxy groups -OCH3 is 1. The summed E-state index contributed by atoms with van der Waals surface area (Å²) in [4.78, 5) is 28.1. The van der Waals surface area contributed by atoms with Crippen LogP contribution in [0.3, 0.4) is 0 Å². The molecule has 1 atom stereocenters. The smallest absolute Gasteiger partial charge is 0.264 e. The SMILES string of the molecule is CCCNC(=O)C(C)N(Cc1ccc(Br)cc1)C(=O)CN(c1cccc(Cl)c1)S(=O)(=O)c1ccc(OC)cc1. The van der Waals surface area contributed by atoms with Crippen molar-refractivity contribution in [1.82, 2.24) is 10.2 Å². The van der Waals surface area contributed by atoms with Crippen molar-refractivity contribution in [3.63, 3.8) is 0 Å². The molecule has 208 valence electrons. The Bertz CT molecular complexity index is 1390. The molecule has 3 rings (SSSR count). The Hall–Kier alpha value is -3.08. The van der Waals surface area contributed by atoms with Crippen LogP contribution < -0.4 is 14.4 Å². The van der Waals surface area contributed by atoms with Crippen molar-refractivity contribution in [3.05, 3.63) is 87.9 Å². The number of carbonyl (C=O) groups is 2. The molecule has 1 unspecified atom stereocenters. The van der Waals surface area contributed by atoms with E-state index in [0.29, 0.717) is 17.3 Å². The number of rotatable bonds is 12. The van der Waals surface area contributed by atoms with Gasteiger partial charge in [0.25, 0.3) is 10.0 Å². The van der Waals surface area contributed by atoms with Gasteiger partial charge < -0.3 is 15.0 Å². The first-order chi connectivity index (χ1) is 18.6. The van der Waals surface area contributed by atoms with Crippen LogP contribution in [0.1, 0.15) is 25.8 Å². The largest absolute Gasteiger partial charge is 0.497 e. The van der Waals surface area contributed by atoms with E-state index in [-0.39, 0.29) is 23.0 Å². The van der Waals surface area contributed by atoms with Gasteiger partial charge in [-0.25, -0.2) is 8.42 Å². The van der Waals surface area contributed by atoms with Gasteiger partial charge in [0, 0.05) is 22.6 Å². The molecule has 0 saturated heterocycles. The number of hydrogen-bond acceptors (Lipinski definition) is 5. The van der Waals surface area contributed by atoms with Gasteiger partial charge in [0.15, 0.2) is 0 Å². The van der Waals surface area contributed by atoms with Crippen LogP contribution in [-0.4, -0.2) is 51.4 Å². The third-order valence-corrected chi connectivity index (χ3v) is 8.56. The van der Waals surface area contributed by atoms with Gasteiger partial charge in [0.2, 0.25) is 11.8 Å². The number of sulfonamides is 1. The lowest BCUT2D eigenvalue weighted by atomic mass is 10.1. The highest BCUT2D eigenvalue weighted by atomic mass is 79.9. The van der Waals surface area contributed by atoms with E-state index in [2.05, 4.69) is 21.2 Å². The van der Waals surface area contributed by atoms with Gasteiger partial charge in [-0.05, 0) is 73.5 Å². The second-order valence-corrected chi connectivity index (χ2v) is 12.0. The van der Waals surface area contributed by atoms with Crippen molar-refractivity contribution >= 4 is 55.1 Å². The van der Waals surface area contributed by atoms with Crippen LogP contribution in [0.4, 0.5) is 5.69 Å². The lowest BCUT2D eigenvalue weighted by Gasteiger charge is -2.32. The first-order valence-electron chi connectivity index (χ1n) is 12.3. The van der Waals surface area contributed by atoms with E-state index in [1.807, 2.05) is 31.2 Å². The molecule has 39 heavy (non-hydrogen) atoms. The molecule has 11 heteroatoms. The topological polar surface area (TPSA) is 96.0 Å². The van der Waals surface area contributed by atoms with Gasteiger partial charge in [0.1, 0.15) is 18.3 Å². The van der Waals surface area contributed by atoms with Gasteiger partial charge >= 0.3 is 0 Å². The Morgan fingerprint density at radius 2 is 1.72 bits per heavy atom. The number of carbonyl (C=O) groups excluding carboxylic acids is 2. The molecule has 0 bridgehead atoms. The fourth-order valence-corrected chi connectivity index (χ4v) is 5.65. The van der Waals surface area contributed by atoms with Crippen molar-refractivity contribution in [2.24, 2.45) is 0 Å². The summed E-state index contributed by atoms with van der Waals surface area (Å²) in [6, 6.07) is 18.7. The summed E-state index contributed by atoms with van der Waals surface area (Å²) in [6.45, 7) is 3.59. The molecular weight excluding hydrogens is 606 g/mol. The molecule has 0 heterocycles. The molecule has 3 aromatic carbocycles. The molecule has 1 N–H and O–H groups in total. The Morgan fingerprint density at radius 3 is 2.31 bits per heavy atom. The second kappa shape index (κ2) is 13.8. The van der Waals surface area contributed by atoms with Gasteiger partial charge in [-0.15, -0.1) is 0 Å². The number of hydrogen-bond donors (Lipinski definition) is 1. The van der Waals surface area contributed by atoms with E-state index in [1.54, 1.807) is 25.1 Å². The van der Waals surface area contributed by atoms with Crippen molar-refractivity contribution < 1.29 is 22.7 Å².